The summed E-state index contributed by atoms with van der Waals surface area (Å²) in [7, 11) is 0. The molecule has 0 aliphatic carbocycles. The van der Waals surface area contributed by atoms with Crippen LogP contribution in [-0.4, -0.2) is 16.8 Å². The van der Waals surface area contributed by atoms with Crippen molar-refractivity contribution >= 4 is 23.6 Å². The summed E-state index contributed by atoms with van der Waals surface area (Å²) in [6, 6.07) is 6.11. The first-order chi connectivity index (χ1) is 8.08. The third kappa shape index (κ3) is 2.20. The number of nitrogens with zero attached hydrogens (tertiary/aromatic N) is 2. The molecule has 1 aliphatic heterocycles. The van der Waals surface area contributed by atoms with Crippen LogP contribution in [0, 0.1) is 10.1 Å². The van der Waals surface area contributed by atoms with Crippen molar-refractivity contribution in [3.63, 3.8) is 0 Å². The molecule has 0 saturated carbocycles. The molecule has 2 rings (SSSR count). The van der Waals surface area contributed by atoms with Gasteiger partial charge in [0.15, 0.2) is 11.6 Å². The van der Waals surface area contributed by atoms with Crippen LogP contribution in [-0.2, 0) is 9.53 Å². The number of para-hydroxylation sites is 1. The fourth-order valence-electron chi connectivity index (χ4n) is 1.44. The van der Waals surface area contributed by atoms with E-state index in [9.17, 15) is 14.9 Å². The quantitative estimate of drug-likeness (QED) is 0.337. The average Bonchev–Trinajstić information content (AvgIpc) is 2.58. The van der Waals surface area contributed by atoms with E-state index in [1.165, 1.54) is 19.1 Å². The van der Waals surface area contributed by atoms with E-state index in [2.05, 4.69) is 4.99 Å². The van der Waals surface area contributed by atoms with Gasteiger partial charge in [0.25, 0.3) is 5.69 Å². The van der Waals surface area contributed by atoms with Gasteiger partial charge in [0.1, 0.15) is 0 Å². The SMILES string of the molecule is CC1=N/C(=C/c2ccccc2[N+](=O)[O-])C(=O)O1. The third-order valence-electron chi connectivity index (χ3n) is 2.15. The third-order valence-corrected chi connectivity index (χ3v) is 2.15. The van der Waals surface area contributed by atoms with Gasteiger partial charge < -0.3 is 4.74 Å². The van der Waals surface area contributed by atoms with Crippen LogP contribution in [0.3, 0.4) is 0 Å². The molecule has 0 saturated heterocycles. The van der Waals surface area contributed by atoms with E-state index in [-0.39, 0.29) is 17.3 Å². The first-order valence-corrected chi connectivity index (χ1v) is 4.80. The molecule has 1 heterocycles. The molecule has 1 aromatic carbocycles. The Hall–Kier alpha value is -2.50. The molecule has 6 nitrogen and oxygen atoms in total. The van der Waals surface area contributed by atoms with Crippen molar-refractivity contribution in [1.82, 2.24) is 0 Å². The normalized spacial score (nSPS) is 16.9. The monoisotopic (exact) mass is 232 g/mol. The predicted molar refractivity (Wildman–Crippen MR) is 60.3 cm³/mol. The van der Waals surface area contributed by atoms with Crippen molar-refractivity contribution in [3.05, 3.63) is 45.6 Å². The molecule has 0 aromatic heterocycles. The summed E-state index contributed by atoms with van der Waals surface area (Å²) < 4.78 is 4.72. The molecule has 6 heteroatoms. The molecular formula is C11H8N2O4. The predicted octanol–water partition coefficient (Wildman–Crippen LogP) is 1.91. The van der Waals surface area contributed by atoms with E-state index in [0.717, 1.165) is 0 Å². The number of esters is 1. The molecule has 0 bridgehead atoms. The van der Waals surface area contributed by atoms with Crippen LogP contribution < -0.4 is 0 Å². The smallest absolute Gasteiger partial charge is 0.363 e. The number of nitro groups is 1. The highest BCUT2D eigenvalue weighted by molar-refractivity contribution is 6.06. The van der Waals surface area contributed by atoms with Crippen LogP contribution in [0.2, 0.25) is 0 Å². The second kappa shape index (κ2) is 4.17. The van der Waals surface area contributed by atoms with Crippen LogP contribution in [0.1, 0.15) is 12.5 Å². The number of carbonyl (C=O) groups is 1. The van der Waals surface area contributed by atoms with E-state index in [0.29, 0.717) is 5.56 Å². The van der Waals surface area contributed by atoms with E-state index in [1.807, 2.05) is 0 Å². The Morgan fingerprint density at radius 3 is 2.71 bits per heavy atom. The highest BCUT2D eigenvalue weighted by Gasteiger charge is 2.21. The molecule has 0 unspecified atom stereocenters. The van der Waals surface area contributed by atoms with Crippen molar-refractivity contribution in [1.29, 1.82) is 0 Å². The summed E-state index contributed by atoms with van der Waals surface area (Å²) in [5.41, 5.74) is 0.312. The summed E-state index contributed by atoms with van der Waals surface area (Å²) in [6.07, 6.45) is 1.34. The highest BCUT2D eigenvalue weighted by atomic mass is 16.6. The maximum Gasteiger partial charge on any atom is 0.363 e. The van der Waals surface area contributed by atoms with E-state index in [4.69, 9.17) is 4.74 Å². The molecule has 0 radical (unpaired) electrons. The maximum absolute atomic E-state index is 11.3. The lowest BCUT2D eigenvalue weighted by atomic mass is 10.1. The van der Waals surface area contributed by atoms with Crippen LogP contribution >= 0.6 is 0 Å². The number of rotatable bonds is 2. The number of aliphatic imine (C=N–C) groups is 1. The molecule has 0 N–H and O–H groups in total. The Morgan fingerprint density at radius 2 is 2.12 bits per heavy atom. The van der Waals surface area contributed by atoms with Crippen molar-refractivity contribution in [2.24, 2.45) is 4.99 Å². The van der Waals surface area contributed by atoms with Crippen molar-refractivity contribution in [3.8, 4) is 0 Å². The zero-order valence-corrected chi connectivity index (χ0v) is 8.91. The second-order valence-electron chi connectivity index (χ2n) is 3.37. The summed E-state index contributed by atoms with van der Waals surface area (Å²) in [6.45, 7) is 1.54. The standard InChI is InChI=1S/C11H8N2O4/c1-7-12-9(11(14)17-7)6-8-4-2-3-5-10(8)13(15)16/h2-6H,1H3/b9-6+. The van der Waals surface area contributed by atoms with Crippen molar-refractivity contribution < 1.29 is 14.5 Å². The van der Waals surface area contributed by atoms with Gasteiger partial charge >= 0.3 is 5.97 Å². The minimum Gasteiger partial charge on any atom is -0.407 e. The molecule has 1 aromatic rings. The van der Waals surface area contributed by atoms with Crippen LogP contribution in [0.5, 0.6) is 0 Å². The number of hydrogen-bond acceptors (Lipinski definition) is 5. The molecule has 0 amide bonds. The molecular weight excluding hydrogens is 224 g/mol. The van der Waals surface area contributed by atoms with E-state index in [1.54, 1.807) is 18.2 Å². The van der Waals surface area contributed by atoms with Gasteiger partial charge in [0.05, 0.1) is 10.5 Å². The number of hydrogen-bond donors (Lipinski definition) is 0. The van der Waals surface area contributed by atoms with Crippen molar-refractivity contribution in [2.45, 2.75) is 6.92 Å². The Labute approximate surface area is 96.4 Å². The summed E-state index contributed by atoms with van der Waals surface area (Å²) in [5.74, 6) is -0.361. The summed E-state index contributed by atoms with van der Waals surface area (Å²) in [5, 5.41) is 10.8. The molecule has 0 fully saturated rings. The number of cyclic esters (lactones) is 1. The molecule has 17 heavy (non-hydrogen) atoms. The minimum atomic E-state index is -0.597. The van der Waals surface area contributed by atoms with Crippen LogP contribution in [0.25, 0.3) is 6.08 Å². The Bertz CT molecular complexity index is 560. The summed E-state index contributed by atoms with van der Waals surface area (Å²) in [4.78, 5) is 25.4. The van der Waals surface area contributed by atoms with Gasteiger partial charge in [-0.15, -0.1) is 0 Å². The summed E-state index contributed by atoms with van der Waals surface area (Å²) >= 11 is 0. The van der Waals surface area contributed by atoms with Gasteiger partial charge in [-0.3, -0.25) is 10.1 Å². The highest BCUT2D eigenvalue weighted by Crippen LogP contribution is 2.22. The lowest BCUT2D eigenvalue weighted by Crippen LogP contribution is -2.00. The van der Waals surface area contributed by atoms with Crippen LogP contribution in [0.15, 0.2) is 35.0 Å². The lowest BCUT2D eigenvalue weighted by molar-refractivity contribution is -0.385. The number of carbonyl (C=O) groups excluding carboxylic acids is 1. The topological polar surface area (TPSA) is 81.8 Å². The van der Waals surface area contributed by atoms with Gasteiger partial charge in [-0.2, -0.15) is 0 Å². The molecule has 0 atom stereocenters. The number of nitro benzene ring substituents is 1. The average molecular weight is 232 g/mol. The first-order valence-electron chi connectivity index (χ1n) is 4.80. The number of benzene rings is 1. The lowest BCUT2D eigenvalue weighted by Gasteiger charge is -1.96. The molecule has 0 spiro atoms. The van der Waals surface area contributed by atoms with Gasteiger partial charge in [0, 0.05) is 13.0 Å². The fourth-order valence-corrected chi connectivity index (χ4v) is 1.44. The Kier molecular flexibility index (Phi) is 2.70. The minimum absolute atomic E-state index is 0.0665. The van der Waals surface area contributed by atoms with Crippen molar-refractivity contribution in [2.75, 3.05) is 0 Å². The Morgan fingerprint density at radius 1 is 1.41 bits per heavy atom. The first kappa shape index (κ1) is 11.0. The van der Waals surface area contributed by atoms with Gasteiger partial charge in [-0.25, -0.2) is 9.79 Å². The van der Waals surface area contributed by atoms with Gasteiger partial charge in [-0.1, -0.05) is 12.1 Å². The fraction of sp³-hybridized carbons (Fsp3) is 0.0909. The van der Waals surface area contributed by atoms with E-state index >= 15 is 0 Å². The number of ether oxygens (including phenoxy) is 1. The molecule has 86 valence electrons. The zero-order chi connectivity index (χ0) is 12.4. The maximum atomic E-state index is 11.3. The largest absolute Gasteiger partial charge is 0.407 e. The molecule has 1 aliphatic rings. The van der Waals surface area contributed by atoms with Gasteiger partial charge in [0.2, 0.25) is 0 Å². The zero-order valence-electron chi connectivity index (χ0n) is 8.91. The second-order valence-corrected chi connectivity index (χ2v) is 3.37. The van der Waals surface area contributed by atoms with Crippen LogP contribution in [0.4, 0.5) is 5.69 Å². The van der Waals surface area contributed by atoms with Gasteiger partial charge in [-0.05, 0) is 12.1 Å². The Balaban J connectivity index is 2.46. The van der Waals surface area contributed by atoms with E-state index < -0.39 is 10.9 Å².